The van der Waals surface area contributed by atoms with E-state index in [1.54, 1.807) is 55.6 Å². The maximum Gasteiger partial charge on any atom is 0.255 e. The number of methoxy groups -OCH3 is 1. The molecule has 0 aliphatic carbocycles. The Balaban J connectivity index is 1.54. The van der Waals surface area contributed by atoms with Crippen LogP contribution in [0.4, 0.5) is 5.69 Å². The number of hydrogen-bond donors (Lipinski definition) is 1. The molecule has 1 N–H and O–H groups in total. The van der Waals surface area contributed by atoms with E-state index in [0.717, 1.165) is 16.7 Å². The number of carbonyl (C=O) groups excluding carboxylic acids is 1. The molecule has 3 aromatic rings. The summed E-state index contributed by atoms with van der Waals surface area (Å²) in [6, 6.07) is 19.5. The normalized spacial score (nSPS) is 14.0. The van der Waals surface area contributed by atoms with Gasteiger partial charge in [-0.25, -0.2) is 8.42 Å². The standard InChI is InChI=1S/C24H24N2O4S/c1-17-6-10-23(11-7-17)31(28,29)26-13-12-18-8-9-21(14-20(18)16-26)25-24(27)19-4-3-5-22(15-19)30-2/h3-11,14-15H,12-13,16H2,1-2H3,(H,25,27). The molecule has 0 fully saturated rings. The molecule has 3 aromatic carbocycles. The van der Waals surface area contributed by atoms with E-state index in [-0.39, 0.29) is 12.5 Å². The summed E-state index contributed by atoms with van der Waals surface area (Å²) in [6.45, 7) is 2.63. The minimum atomic E-state index is -3.58. The van der Waals surface area contributed by atoms with E-state index < -0.39 is 10.0 Å². The summed E-state index contributed by atoms with van der Waals surface area (Å²) in [5.74, 6) is 0.355. The zero-order valence-electron chi connectivity index (χ0n) is 17.5. The van der Waals surface area contributed by atoms with Crippen LogP contribution < -0.4 is 10.1 Å². The zero-order chi connectivity index (χ0) is 22.0. The molecular formula is C24H24N2O4S. The Bertz CT molecular complexity index is 1220. The lowest BCUT2D eigenvalue weighted by Gasteiger charge is -2.28. The van der Waals surface area contributed by atoms with E-state index >= 15 is 0 Å². The number of nitrogens with zero attached hydrogens (tertiary/aromatic N) is 1. The van der Waals surface area contributed by atoms with Gasteiger partial charge in [0, 0.05) is 24.3 Å². The van der Waals surface area contributed by atoms with Crippen molar-refractivity contribution in [3.05, 3.63) is 89.0 Å². The summed E-state index contributed by atoms with van der Waals surface area (Å²) in [7, 11) is -2.02. The molecule has 1 amide bonds. The highest BCUT2D eigenvalue weighted by atomic mass is 32.2. The van der Waals surface area contributed by atoms with E-state index in [4.69, 9.17) is 4.74 Å². The molecule has 7 heteroatoms. The van der Waals surface area contributed by atoms with Crippen molar-refractivity contribution < 1.29 is 17.9 Å². The van der Waals surface area contributed by atoms with Crippen LogP contribution in [0, 0.1) is 6.92 Å². The van der Waals surface area contributed by atoms with Gasteiger partial charge in [0.2, 0.25) is 10.0 Å². The van der Waals surface area contributed by atoms with Crippen LogP contribution in [0.15, 0.2) is 71.6 Å². The van der Waals surface area contributed by atoms with Crippen LogP contribution in [0.1, 0.15) is 27.0 Å². The zero-order valence-corrected chi connectivity index (χ0v) is 18.3. The summed E-state index contributed by atoms with van der Waals surface area (Å²) < 4.78 is 32.8. The van der Waals surface area contributed by atoms with Gasteiger partial charge in [-0.15, -0.1) is 0 Å². The Morgan fingerprint density at radius 3 is 2.52 bits per heavy atom. The second kappa shape index (κ2) is 8.53. The second-order valence-corrected chi connectivity index (χ2v) is 9.51. The fraction of sp³-hybridized carbons (Fsp3) is 0.208. The van der Waals surface area contributed by atoms with Crippen LogP contribution in [-0.2, 0) is 23.0 Å². The lowest BCUT2D eigenvalue weighted by molar-refractivity contribution is 0.102. The summed E-state index contributed by atoms with van der Waals surface area (Å²) in [5, 5.41) is 2.89. The molecule has 6 nitrogen and oxygen atoms in total. The average molecular weight is 437 g/mol. The number of sulfonamides is 1. The monoisotopic (exact) mass is 436 g/mol. The molecule has 0 radical (unpaired) electrons. The molecule has 0 saturated heterocycles. The minimum Gasteiger partial charge on any atom is -0.497 e. The SMILES string of the molecule is COc1cccc(C(=O)Nc2ccc3c(c2)CN(S(=O)(=O)c2ccc(C)cc2)CC3)c1. The number of anilines is 1. The number of benzene rings is 3. The maximum atomic E-state index is 13.1. The van der Waals surface area contributed by atoms with Crippen molar-refractivity contribution >= 4 is 21.6 Å². The Morgan fingerprint density at radius 2 is 1.77 bits per heavy atom. The van der Waals surface area contributed by atoms with E-state index in [1.807, 2.05) is 25.1 Å². The molecule has 0 saturated carbocycles. The number of ether oxygens (including phenoxy) is 1. The van der Waals surface area contributed by atoms with Gasteiger partial charge in [0.15, 0.2) is 0 Å². The van der Waals surface area contributed by atoms with Gasteiger partial charge in [0.25, 0.3) is 5.91 Å². The third-order valence-electron chi connectivity index (χ3n) is 5.43. The Hall–Kier alpha value is -3.16. The summed E-state index contributed by atoms with van der Waals surface area (Å²) in [5.41, 5.74) is 4.11. The van der Waals surface area contributed by atoms with E-state index in [0.29, 0.717) is 34.9 Å². The molecule has 160 valence electrons. The van der Waals surface area contributed by atoms with Crippen molar-refractivity contribution in [3.8, 4) is 5.75 Å². The van der Waals surface area contributed by atoms with Gasteiger partial charge < -0.3 is 10.1 Å². The quantitative estimate of drug-likeness (QED) is 0.656. The average Bonchev–Trinajstić information content (AvgIpc) is 2.79. The number of fused-ring (bicyclic) bond motifs is 1. The first kappa shape index (κ1) is 21.1. The predicted octanol–water partition coefficient (Wildman–Crippen LogP) is 4.00. The van der Waals surface area contributed by atoms with Crippen LogP contribution in [0.25, 0.3) is 0 Å². The molecule has 31 heavy (non-hydrogen) atoms. The molecule has 1 aliphatic heterocycles. The molecule has 4 rings (SSSR count). The highest BCUT2D eigenvalue weighted by molar-refractivity contribution is 7.89. The van der Waals surface area contributed by atoms with Crippen molar-refractivity contribution in [2.75, 3.05) is 19.0 Å². The van der Waals surface area contributed by atoms with E-state index in [2.05, 4.69) is 5.32 Å². The first-order chi connectivity index (χ1) is 14.9. The van der Waals surface area contributed by atoms with Crippen molar-refractivity contribution in [1.29, 1.82) is 0 Å². The van der Waals surface area contributed by atoms with Gasteiger partial charge in [-0.1, -0.05) is 29.8 Å². The van der Waals surface area contributed by atoms with Gasteiger partial charge in [-0.2, -0.15) is 4.31 Å². The Kier molecular flexibility index (Phi) is 5.80. The number of aryl methyl sites for hydroxylation is 1. The van der Waals surface area contributed by atoms with Gasteiger partial charge in [0.05, 0.1) is 12.0 Å². The third kappa shape index (κ3) is 4.47. The molecule has 1 heterocycles. The first-order valence-electron chi connectivity index (χ1n) is 10.0. The van der Waals surface area contributed by atoms with Crippen LogP contribution in [0.5, 0.6) is 5.75 Å². The highest BCUT2D eigenvalue weighted by Crippen LogP contribution is 2.27. The molecular weight excluding hydrogens is 412 g/mol. The summed E-state index contributed by atoms with van der Waals surface area (Å²) in [4.78, 5) is 12.9. The lowest BCUT2D eigenvalue weighted by atomic mass is 10.0. The number of hydrogen-bond acceptors (Lipinski definition) is 4. The van der Waals surface area contributed by atoms with Gasteiger partial charge >= 0.3 is 0 Å². The third-order valence-corrected chi connectivity index (χ3v) is 7.29. The minimum absolute atomic E-state index is 0.251. The fourth-order valence-corrected chi connectivity index (χ4v) is 5.06. The molecule has 1 aliphatic rings. The van der Waals surface area contributed by atoms with Gasteiger partial charge in [-0.3, -0.25) is 4.79 Å². The van der Waals surface area contributed by atoms with E-state index in [9.17, 15) is 13.2 Å². The fourth-order valence-electron chi connectivity index (χ4n) is 3.64. The highest BCUT2D eigenvalue weighted by Gasteiger charge is 2.28. The number of nitrogens with one attached hydrogen (secondary N) is 1. The van der Waals surface area contributed by atoms with Crippen LogP contribution in [0.3, 0.4) is 0 Å². The molecule has 0 aromatic heterocycles. The van der Waals surface area contributed by atoms with Crippen molar-refractivity contribution in [2.24, 2.45) is 0 Å². The molecule has 0 atom stereocenters. The van der Waals surface area contributed by atoms with Crippen molar-refractivity contribution in [2.45, 2.75) is 24.8 Å². The summed E-state index contributed by atoms with van der Waals surface area (Å²) >= 11 is 0. The first-order valence-corrected chi connectivity index (χ1v) is 11.4. The second-order valence-electron chi connectivity index (χ2n) is 7.57. The predicted molar refractivity (Wildman–Crippen MR) is 120 cm³/mol. The van der Waals surface area contributed by atoms with Crippen LogP contribution >= 0.6 is 0 Å². The number of amides is 1. The lowest BCUT2D eigenvalue weighted by Crippen LogP contribution is -2.36. The molecule has 0 bridgehead atoms. The summed E-state index contributed by atoms with van der Waals surface area (Å²) in [6.07, 6.45) is 0.629. The van der Waals surface area contributed by atoms with E-state index in [1.165, 1.54) is 4.31 Å². The molecule has 0 spiro atoms. The van der Waals surface area contributed by atoms with Crippen molar-refractivity contribution in [1.82, 2.24) is 4.31 Å². The van der Waals surface area contributed by atoms with Crippen molar-refractivity contribution in [3.63, 3.8) is 0 Å². The Morgan fingerprint density at radius 1 is 1.00 bits per heavy atom. The van der Waals surface area contributed by atoms with Crippen LogP contribution in [0.2, 0.25) is 0 Å². The number of carbonyl (C=O) groups is 1. The van der Waals surface area contributed by atoms with Crippen LogP contribution in [-0.4, -0.2) is 32.3 Å². The van der Waals surface area contributed by atoms with Gasteiger partial charge in [0.1, 0.15) is 5.75 Å². The topological polar surface area (TPSA) is 75.7 Å². The maximum absolute atomic E-state index is 13.1. The largest absolute Gasteiger partial charge is 0.497 e. The Labute approximate surface area is 182 Å². The smallest absolute Gasteiger partial charge is 0.255 e. The molecule has 0 unspecified atom stereocenters. The number of rotatable bonds is 5. The van der Waals surface area contributed by atoms with Gasteiger partial charge in [-0.05, 0) is 66.9 Å².